The maximum atomic E-state index is 4.88. The molecule has 0 fully saturated rings. The average molecular weight is 84.1 g/mol. The van der Waals surface area contributed by atoms with E-state index >= 15 is 0 Å². The molecule has 6 heavy (non-hydrogen) atoms. The molecule has 0 N–H and O–H groups in total. The van der Waals surface area contributed by atoms with Crippen LogP contribution in [0.25, 0.3) is 0 Å². The molecule has 0 aromatic rings. The van der Waals surface area contributed by atoms with Gasteiger partial charge in [0.1, 0.15) is 0 Å². The molecule has 0 aliphatic heterocycles. The predicted molar refractivity (Wildman–Crippen MR) is 24.6 cm³/mol. The van der Waals surface area contributed by atoms with Gasteiger partial charge < -0.3 is 4.74 Å². The van der Waals surface area contributed by atoms with Crippen molar-refractivity contribution >= 4 is 0 Å². The minimum Gasteiger partial charge on any atom is -0.373 e. The summed E-state index contributed by atoms with van der Waals surface area (Å²) in [4.78, 5) is 0. The van der Waals surface area contributed by atoms with Gasteiger partial charge in [0.2, 0.25) is 0 Å². The topological polar surface area (TPSA) is 9.23 Å². The first-order valence-corrected chi connectivity index (χ1v) is 2.05. The molecular formula is C5H8O. The molecular weight excluding hydrogens is 76.1 g/mol. The fraction of sp³-hybridized carbons (Fsp3) is 0.600. The number of ether oxygens (including phenoxy) is 1. The molecule has 1 atom stereocenters. The second kappa shape index (κ2) is 1.09. The molecule has 1 aliphatic rings. The van der Waals surface area contributed by atoms with Crippen molar-refractivity contribution in [2.45, 2.75) is 13.0 Å². The molecule has 1 nitrogen and oxygen atoms in total. The Balaban J connectivity index is 2.18. The molecule has 0 saturated heterocycles. The van der Waals surface area contributed by atoms with Crippen LogP contribution in [0.4, 0.5) is 0 Å². The van der Waals surface area contributed by atoms with E-state index in [2.05, 4.69) is 13.0 Å². The molecule has 1 unspecified atom stereocenters. The van der Waals surface area contributed by atoms with Crippen molar-refractivity contribution in [1.82, 2.24) is 0 Å². The van der Waals surface area contributed by atoms with Crippen LogP contribution in [0.2, 0.25) is 0 Å². The normalized spacial score (nSPS) is 29.7. The largest absolute Gasteiger partial charge is 0.373 e. The van der Waals surface area contributed by atoms with E-state index in [1.165, 1.54) is 5.57 Å². The van der Waals surface area contributed by atoms with E-state index in [4.69, 9.17) is 4.74 Å². The standard InChI is InChI=1S/C5H8O/c1-4-3-5(4)6-2/h3,5H,1-2H3. The second-order valence-corrected chi connectivity index (χ2v) is 1.57. The Morgan fingerprint density at radius 1 is 1.83 bits per heavy atom. The Kier molecular flexibility index (Phi) is 0.701. The van der Waals surface area contributed by atoms with E-state index in [1.807, 2.05) is 0 Å². The molecule has 0 aromatic carbocycles. The Labute approximate surface area is 37.6 Å². The number of hydrogen-bond donors (Lipinski definition) is 0. The summed E-state index contributed by atoms with van der Waals surface area (Å²) in [6.45, 7) is 2.06. The first kappa shape index (κ1) is 3.88. The highest BCUT2D eigenvalue weighted by Crippen LogP contribution is 2.20. The van der Waals surface area contributed by atoms with Crippen molar-refractivity contribution in [3.05, 3.63) is 11.6 Å². The number of rotatable bonds is 1. The third-order valence-electron chi connectivity index (χ3n) is 1.01. The van der Waals surface area contributed by atoms with E-state index in [9.17, 15) is 0 Å². The SMILES string of the molecule is COC1C=C1C. The van der Waals surface area contributed by atoms with Crippen molar-refractivity contribution in [3.63, 3.8) is 0 Å². The van der Waals surface area contributed by atoms with E-state index in [0.29, 0.717) is 6.10 Å². The van der Waals surface area contributed by atoms with Crippen LogP contribution in [-0.4, -0.2) is 13.2 Å². The van der Waals surface area contributed by atoms with E-state index < -0.39 is 0 Å². The lowest BCUT2D eigenvalue weighted by Gasteiger charge is -1.86. The summed E-state index contributed by atoms with van der Waals surface area (Å²) in [6, 6.07) is 0. The Bertz CT molecular complexity index is 83.9. The zero-order valence-electron chi connectivity index (χ0n) is 4.06. The van der Waals surface area contributed by atoms with Gasteiger partial charge in [-0.3, -0.25) is 0 Å². The average Bonchev–Trinajstić information content (AvgIpc) is 2.19. The summed E-state index contributed by atoms with van der Waals surface area (Å²) < 4.78 is 4.88. The Hall–Kier alpha value is -0.300. The van der Waals surface area contributed by atoms with Gasteiger partial charge in [-0.15, -0.1) is 0 Å². The van der Waals surface area contributed by atoms with Gasteiger partial charge in [-0.05, 0) is 18.6 Å². The van der Waals surface area contributed by atoms with Crippen LogP contribution in [0.15, 0.2) is 11.6 Å². The molecule has 1 rings (SSSR count). The first-order chi connectivity index (χ1) is 2.84. The van der Waals surface area contributed by atoms with E-state index in [1.54, 1.807) is 7.11 Å². The van der Waals surface area contributed by atoms with E-state index in [0.717, 1.165) is 0 Å². The Morgan fingerprint density at radius 3 is 2.33 bits per heavy atom. The van der Waals surface area contributed by atoms with Gasteiger partial charge >= 0.3 is 0 Å². The summed E-state index contributed by atoms with van der Waals surface area (Å²) in [5.74, 6) is 0. The zero-order valence-corrected chi connectivity index (χ0v) is 4.06. The molecule has 0 saturated carbocycles. The maximum absolute atomic E-state index is 4.88. The smallest absolute Gasteiger partial charge is 0.0964 e. The quantitative estimate of drug-likeness (QED) is 0.430. The fourth-order valence-electron chi connectivity index (χ4n) is 0.445. The molecule has 0 radical (unpaired) electrons. The minimum absolute atomic E-state index is 0.394. The molecule has 0 spiro atoms. The van der Waals surface area contributed by atoms with Crippen molar-refractivity contribution in [3.8, 4) is 0 Å². The van der Waals surface area contributed by atoms with Gasteiger partial charge in [-0.2, -0.15) is 0 Å². The van der Waals surface area contributed by atoms with E-state index in [-0.39, 0.29) is 0 Å². The highest BCUT2D eigenvalue weighted by atomic mass is 16.5. The third-order valence-corrected chi connectivity index (χ3v) is 1.01. The lowest BCUT2D eigenvalue weighted by Crippen LogP contribution is -1.87. The van der Waals surface area contributed by atoms with Crippen LogP contribution in [0, 0.1) is 0 Å². The number of methoxy groups -OCH3 is 1. The Morgan fingerprint density at radius 2 is 2.33 bits per heavy atom. The minimum atomic E-state index is 0.394. The lowest BCUT2D eigenvalue weighted by atomic mass is 10.5. The summed E-state index contributed by atoms with van der Waals surface area (Å²) in [7, 11) is 1.72. The summed E-state index contributed by atoms with van der Waals surface area (Å²) in [6.07, 6.45) is 2.48. The van der Waals surface area contributed by atoms with Crippen molar-refractivity contribution < 1.29 is 4.74 Å². The van der Waals surface area contributed by atoms with Crippen LogP contribution in [0.5, 0.6) is 0 Å². The molecule has 0 amide bonds. The van der Waals surface area contributed by atoms with Crippen molar-refractivity contribution in [2.75, 3.05) is 7.11 Å². The van der Waals surface area contributed by atoms with Gasteiger partial charge in [-0.1, -0.05) is 0 Å². The summed E-state index contributed by atoms with van der Waals surface area (Å²) in [5, 5.41) is 0. The maximum Gasteiger partial charge on any atom is 0.0964 e. The highest BCUT2D eigenvalue weighted by molar-refractivity contribution is 5.29. The van der Waals surface area contributed by atoms with Crippen molar-refractivity contribution in [1.29, 1.82) is 0 Å². The summed E-state index contributed by atoms with van der Waals surface area (Å²) in [5.41, 5.74) is 1.36. The predicted octanol–water partition coefficient (Wildman–Crippen LogP) is 0.961. The van der Waals surface area contributed by atoms with Crippen LogP contribution < -0.4 is 0 Å². The van der Waals surface area contributed by atoms with Gasteiger partial charge in [0.05, 0.1) is 6.10 Å². The van der Waals surface area contributed by atoms with Gasteiger partial charge in [0, 0.05) is 7.11 Å². The monoisotopic (exact) mass is 84.1 g/mol. The van der Waals surface area contributed by atoms with Crippen LogP contribution in [0.3, 0.4) is 0 Å². The van der Waals surface area contributed by atoms with Crippen LogP contribution >= 0.6 is 0 Å². The van der Waals surface area contributed by atoms with Crippen LogP contribution in [0.1, 0.15) is 6.92 Å². The third kappa shape index (κ3) is 0.455. The molecule has 1 aliphatic carbocycles. The molecule has 0 heterocycles. The van der Waals surface area contributed by atoms with Gasteiger partial charge in [0.25, 0.3) is 0 Å². The molecule has 1 heteroatoms. The molecule has 0 aromatic heterocycles. The first-order valence-electron chi connectivity index (χ1n) is 2.05. The molecule has 0 bridgehead atoms. The number of hydrogen-bond acceptors (Lipinski definition) is 1. The highest BCUT2D eigenvalue weighted by Gasteiger charge is 2.17. The second-order valence-electron chi connectivity index (χ2n) is 1.57. The van der Waals surface area contributed by atoms with Crippen molar-refractivity contribution in [2.24, 2.45) is 0 Å². The lowest BCUT2D eigenvalue weighted by molar-refractivity contribution is 0.196. The summed E-state index contributed by atoms with van der Waals surface area (Å²) >= 11 is 0. The van der Waals surface area contributed by atoms with Gasteiger partial charge in [0.15, 0.2) is 0 Å². The fourth-order valence-corrected chi connectivity index (χ4v) is 0.445. The zero-order chi connectivity index (χ0) is 4.57. The molecule has 34 valence electrons. The van der Waals surface area contributed by atoms with Crippen LogP contribution in [-0.2, 0) is 4.74 Å². The van der Waals surface area contributed by atoms with Gasteiger partial charge in [-0.25, -0.2) is 0 Å².